The van der Waals surface area contributed by atoms with Crippen LogP contribution in [0, 0.1) is 12.8 Å². The SMILES string of the molecule is CNCCC1CCN(C(=O)c2nnn(-c3cccc4cnccc34)c2C)CC1.Cl.Cl. The smallest absolute Gasteiger partial charge is 0.276 e. The lowest BCUT2D eigenvalue weighted by molar-refractivity contribution is 0.0680. The first kappa shape index (κ1) is 24.1. The minimum atomic E-state index is -0.0160. The van der Waals surface area contributed by atoms with Gasteiger partial charge in [-0.15, -0.1) is 29.9 Å². The zero-order chi connectivity index (χ0) is 19.5. The molecule has 1 saturated heterocycles. The van der Waals surface area contributed by atoms with Crippen LogP contribution in [0.4, 0.5) is 0 Å². The Balaban J connectivity index is 0.00000160. The molecule has 1 aromatic carbocycles. The van der Waals surface area contributed by atoms with Gasteiger partial charge >= 0.3 is 0 Å². The molecule has 3 aromatic rings. The highest BCUT2D eigenvalue weighted by molar-refractivity contribution is 5.94. The lowest BCUT2D eigenvalue weighted by atomic mass is 9.93. The standard InChI is InChI=1S/C21H26N6O.2ClH/c1-15-20(21(28)26-12-8-16(9-13-26)6-10-22-2)24-25-27(15)19-5-3-4-17-14-23-11-7-18(17)19;;/h3-5,7,11,14,16,22H,6,8-10,12-13H2,1-2H3;2*1H. The molecule has 4 rings (SSSR count). The van der Waals surface area contributed by atoms with Crippen LogP contribution in [-0.4, -0.2) is 57.5 Å². The van der Waals surface area contributed by atoms with Crippen molar-refractivity contribution in [2.45, 2.75) is 26.2 Å². The van der Waals surface area contributed by atoms with E-state index >= 15 is 0 Å². The van der Waals surface area contributed by atoms with Gasteiger partial charge in [-0.05, 0) is 57.8 Å². The first-order valence-corrected chi connectivity index (χ1v) is 9.88. The Morgan fingerprint density at radius 3 is 2.70 bits per heavy atom. The molecule has 9 heteroatoms. The van der Waals surface area contributed by atoms with Crippen LogP contribution in [0.5, 0.6) is 0 Å². The van der Waals surface area contributed by atoms with Crippen molar-refractivity contribution in [2.75, 3.05) is 26.7 Å². The van der Waals surface area contributed by atoms with Crippen molar-refractivity contribution in [3.8, 4) is 5.69 Å². The molecule has 0 saturated carbocycles. The van der Waals surface area contributed by atoms with Gasteiger partial charge in [-0.3, -0.25) is 9.78 Å². The van der Waals surface area contributed by atoms with Crippen molar-refractivity contribution in [2.24, 2.45) is 5.92 Å². The number of nitrogens with one attached hydrogen (secondary N) is 1. The second kappa shape index (κ2) is 10.7. The highest BCUT2D eigenvalue weighted by atomic mass is 35.5. The Morgan fingerprint density at radius 2 is 1.97 bits per heavy atom. The summed E-state index contributed by atoms with van der Waals surface area (Å²) >= 11 is 0. The van der Waals surface area contributed by atoms with Crippen molar-refractivity contribution in [1.82, 2.24) is 30.2 Å². The second-order valence-corrected chi connectivity index (χ2v) is 7.44. The van der Waals surface area contributed by atoms with Gasteiger partial charge in [-0.25, -0.2) is 4.68 Å². The fourth-order valence-electron chi connectivity index (χ4n) is 3.97. The molecule has 1 amide bonds. The number of pyridine rings is 1. The Hall–Kier alpha value is -2.22. The number of hydrogen-bond acceptors (Lipinski definition) is 5. The molecule has 1 fully saturated rings. The maximum Gasteiger partial charge on any atom is 0.276 e. The first-order valence-electron chi connectivity index (χ1n) is 9.88. The van der Waals surface area contributed by atoms with E-state index in [1.807, 2.05) is 49.3 Å². The Morgan fingerprint density at radius 1 is 1.20 bits per heavy atom. The number of hydrogen-bond donors (Lipinski definition) is 1. The fraction of sp³-hybridized carbons (Fsp3) is 0.429. The van der Waals surface area contributed by atoms with E-state index in [1.54, 1.807) is 10.9 Å². The van der Waals surface area contributed by atoms with Crippen molar-refractivity contribution in [3.05, 3.63) is 48.0 Å². The van der Waals surface area contributed by atoms with Gasteiger partial charge in [-0.2, -0.15) is 0 Å². The molecule has 7 nitrogen and oxygen atoms in total. The van der Waals surface area contributed by atoms with E-state index < -0.39 is 0 Å². The number of likely N-dealkylation sites (tertiary alicyclic amines) is 1. The first-order chi connectivity index (χ1) is 13.7. The fourth-order valence-corrected chi connectivity index (χ4v) is 3.97. The minimum Gasteiger partial charge on any atom is -0.337 e. The Kier molecular flexibility index (Phi) is 8.58. The quantitative estimate of drug-likeness (QED) is 0.644. The summed E-state index contributed by atoms with van der Waals surface area (Å²) in [6.07, 6.45) is 6.87. The van der Waals surface area contributed by atoms with E-state index in [0.29, 0.717) is 11.6 Å². The number of halogens is 2. The van der Waals surface area contributed by atoms with Crippen LogP contribution in [0.2, 0.25) is 0 Å². The lowest BCUT2D eigenvalue weighted by Crippen LogP contribution is -2.39. The highest BCUT2D eigenvalue weighted by Crippen LogP contribution is 2.25. The molecule has 30 heavy (non-hydrogen) atoms. The van der Waals surface area contributed by atoms with Crippen LogP contribution in [0.15, 0.2) is 36.7 Å². The molecule has 0 aliphatic carbocycles. The normalized spacial score (nSPS) is 14.3. The summed E-state index contributed by atoms with van der Waals surface area (Å²) < 4.78 is 1.76. The minimum absolute atomic E-state index is 0. The molecule has 1 aliphatic heterocycles. The molecule has 162 valence electrons. The predicted octanol–water partition coefficient (Wildman–Crippen LogP) is 3.43. The molecule has 1 aliphatic rings. The van der Waals surface area contributed by atoms with Crippen molar-refractivity contribution >= 4 is 41.5 Å². The number of benzene rings is 1. The summed E-state index contributed by atoms with van der Waals surface area (Å²) in [7, 11) is 1.98. The van der Waals surface area contributed by atoms with Crippen LogP contribution in [0.1, 0.15) is 35.4 Å². The number of carbonyl (C=O) groups excluding carboxylic acids is 1. The van der Waals surface area contributed by atoms with Gasteiger partial charge in [0.05, 0.1) is 11.4 Å². The second-order valence-electron chi connectivity index (χ2n) is 7.44. The maximum atomic E-state index is 13.0. The average molecular weight is 451 g/mol. The zero-order valence-electron chi connectivity index (χ0n) is 17.2. The molecule has 0 spiro atoms. The molecule has 2 aromatic heterocycles. The van der Waals surface area contributed by atoms with Gasteiger partial charge in [-0.1, -0.05) is 17.3 Å². The monoisotopic (exact) mass is 450 g/mol. The maximum absolute atomic E-state index is 13.0. The molecule has 3 heterocycles. The Labute approximate surface area is 189 Å². The van der Waals surface area contributed by atoms with E-state index in [2.05, 4.69) is 20.6 Å². The Bertz CT molecular complexity index is 979. The number of rotatable bonds is 5. The van der Waals surface area contributed by atoms with Gasteiger partial charge in [0.2, 0.25) is 0 Å². The summed E-state index contributed by atoms with van der Waals surface area (Å²) in [6.45, 7) is 4.53. The topological polar surface area (TPSA) is 75.9 Å². The largest absolute Gasteiger partial charge is 0.337 e. The van der Waals surface area contributed by atoms with Gasteiger partial charge in [0.25, 0.3) is 5.91 Å². The lowest BCUT2D eigenvalue weighted by Gasteiger charge is -2.31. The average Bonchev–Trinajstić information content (AvgIpc) is 3.12. The summed E-state index contributed by atoms with van der Waals surface area (Å²) in [5, 5.41) is 13.8. The number of amides is 1. The van der Waals surface area contributed by atoms with Crippen molar-refractivity contribution in [1.29, 1.82) is 0 Å². The molecular weight excluding hydrogens is 423 g/mol. The van der Waals surface area contributed by atoms with Crippen LogP contribution >= 0.6 is 24.8 Å². The molecule has 0 atom stereocenters. The van der Waals surface area contributed by atoms with Crippen LogP contribution in [-0.2, 0) is 0 Å². The van der Waals surface area contributed by atoms with Crippen molar-refractivity contribution < 1.29 is 4.79 Å². The molecule has 1 N–H and O–H groups in total. The zero-order valence-corrected chi connectivity index (χ0v) is 18.9. The number of nitrogens with zero attached hydrogens (tertiary/aromatic N) is 5. The highest BCUT2D eigenvalue weighted by Gasteiger charge is 2.27. The van der Waals surface area contributed by atoms with Crippen LogP contribution < -0.4 is 5.32 Å². The summed E-state index contributed by atoms with van der Waals surface area (Å²) in [5.74, 6) is 0.676. The number of aromatic nitrogens is 4. The van der Waals surface area contributed by atoms with E-state index in [-0.39, 0.29) is 30.7 Å². The number of fused-ring (bicyclic) bond motifs is 1. The molecule has 0 radical (unpaired) electrons. The van der Waals surface area contributed by atoms with Gasteiger partial charge in [0.15, 0.2) is 5.69 Å². The third-order valence-corrected chi connectivity index (χ3v) is 5.69. The van der Waals surface area contributed by atoms with E-state index in [0.717, 1.165) is 54.6 Å². The third kappa shape index (κ3) is 4.74. The number of piperidine rings is 1. The van der Waals surface area contributed by atoms with Crippen molar-refractivity contribution in [3.63, 3.8) is 0 Å². The predicted molar refractivity (Wildman–Crippen MR) is 123 cm³/mol. The van der Waals surface area contributed by atoms with Gasteiger partial charge < -0.3 is 10.2 Å². The molecule has 0 unspecified atom stereocenters. The van der Waals surface area contributed by atoms with E-state index in [4.69, 9.17) is 0 Å². The molecule has 0 bridgehead atoms. The summed E-state index contributed by atoms with van der Waals surface area (Å²) in [6, 6.07) is 7.94. The van der Waals surface area contributed by atoms with E-state index in [1.165, 1.54) is 6.42 Å². The summed E-state index contributed by atoms with van der Waals surface area (Å²) in [5.41, 5.74) is 2.13. The summed E-state index contributed by atoms with van der Waals surface area (Å²) in [4.78, 5) is 19.1. The van der Waals surface area contributed by atoms with Gasteiger partial charge in [0, 0.05) is 36.3 Å². The third-order valence-electron chi connectivity index (χ3n) is 5.69. The number of carbonyl (C=O) groups is 1. The van der Waals surface area contributed by atoms with Gasteiger partial charge in [0.1, 0.15) is 0 Å². The van der Waals surface area contributed by atoms with Crippen LogP contribution in [0.25, 0.3) is 16.5 Å². The molecular formula is C21H28Cl2N6O. The van der Waals surface area contributed by atoms with E-state index in [9.17, 15) is 4.79 Å². The van der Waals surface area contributed by atoms with Crippen LogP contribution in [0.3, 0.4) is 0 Å².